The Morgan fingerprint density at radius 1 is 1.04 bits per heavy atom. The molecule has 2 heterocycles. The van der Waals surface area contributed by atoms with Gasteiger partial charge >= 0.3 is 5.63 Å². The maximum atomic E-state index is 12.1. The lowest BCUT2D eigenvalue weighted by atomic mass is 9.99. The van der Waals surface area contributed by atoms with Gasteiger partial charge in [0.25, 0.3) is 0 Å². The second kappa shape index (κ2) is 6.16. The molecule has 0 N–H and O–H groups in total. The predicted octanol–water partition coefficient (Wildman–Crippen LogP) is 5.15. The van der Waals surface area contributed by atoms with Gasteiger partial charge < -0.3 is 14.1 Å². The molecule has 0 fully saturated rings. The first-order valence-corrected chi connectivity index (χ1v) is 9.36. The lowest BCUT2D eigenvalue weighted by molar-refractivity contribution is 0.287. The van der Waals surface area contributed by atoms with E-state index in [1.54, 1.807) is 0 Å². The van der Waals surface area contributed by atoms with E-state index in [0.29, 0.717) is 17.9 Å². The summed E-state index contributed by atoms with van der Waals surface area (Å²) in [6.07, 6.45) is 0. The van der Waals surface area contributed by atoms with Crippen LogP contribution in [0.5, 0.6) is 5.75 Å². The van der Waals surface area contributed by atoms with E-state index < -0.39 is 0 Å². The monoisotopic (exact) mass is 413 g/mol. The Balaban J connectivity index is 1.84. The number of halogens is 1. The van der Waals surface area contributed by atoms with Crippen LogP contribution < -0.4 is 15.3 Å². The fraction of sp³-hybridized carbons (Fsp3) is 0.286. The highest BCUT2D eigenvalue weighted by Gasteiger charge is 2.24. The molecule has 5 heteroatoms. The second-order valence-corrected chi connectivity index (χ2v) is 7.82. The predicted molar refractivity (Wildman–Crippen MR) is 107 cm³/mol. The van der Waals surface area contributed by atoms with E-state index in [1.807, 2.05) is 26.8 Å². The first kappa shape index (κ1) is 17.2. The Labute approximate surface area is 160 Å². The number of ether oxygens (including phenoxy) is 1. The van der Waals surface area contributed by atoms with Crippen molar-refractivity contribution in [3.8, 4) is 5.75 Å². The van der Waals surface area contributed by atoms with Gasteiger partial charge in [0.2, 0.25) is 0 Å². The number of aryl methyl sites for hydroxylation is 3. The van der Waals surface area contributed by atoms with Crippen LogP contribution in [-0.2, 0) is 6.54 Å². The molecule has 134 valence electrons. The highest BCUT2D eigenvalue weighted by atomic mass is 79.9. The molecule has 0 unspecified atom stereocenters. The molecule has 1 aliphatic heterocycles. The summed E-state index contributed by atoms with van der Waals surface area (Å²) in [7, 11) is 0. The normalized spacial score (nSPS) is 13.7. The summed E-state index contributed by atoms with van der Waals surface area (Å²) in [5, 5.41) is 0.983. The van der Waals surface area contributed by atoms with Crippen molar-refractivity contribution in [2.24, 2.45) is 0 Å². The van der Waals surface area contributed by atoms with Gasteiger partial charge in [0.1, 0.15) is 11.3 Å². The zero-order valence-corrected chi connectivity index (χ0v) is 16.9. The van der Waals surface area contributed by atoms with Crippen molar-refractivity contribution in [2.45, 2.75) is 34.2 Å². The third-order valence-corrected chi connectivity index (χ3v) is 5.72. The first-order valence-electron chi connectivity index (χ1n) is 8.57. The van der Waals surface area contributed by atoms with E-state index in [9.17, 15) is 4.79 Å². The van der Waals surface area contributed by atoms with Crippen LogP contribution in [-0.4, -0.2) is 6.73 Å². The summed E-state index contributed by atoms with van der Waals surface area (Å²) in [6.45, 7) is 9.07. The Morgan fingerprint density at radius 3 is 2.54 bits per heavy atom. The number of nitrogens with zero attached hydrogens (tertiary/aromatic N) is 1. The Morgan fingerprint density at radius 2 is 1.81 bits per heavy atom. The molecular weight excluding hydrogens is 394 g/mol. The minimum Gasteiger partial charge on any atom is -0.472 e. The Kier molecular flexibility index (Phi) is 4.07. The van der Waals surface area contributed by atoms with Gasteiger partial charge in [-0.3, -0.25) is 0 Å². The molecular formula is C21H20BrNO3. The Bertz CT molecular complexity index is 1100. The van der Waals surface area contributed by atoms with Gasteiger partial charge in [-0.15, -0.1) is 0 Å². The molecule has 0 amide bonds. The average Bonchev–Trinajstić information content (AvgIpc) is 2.61. The number of rotatable bonds is 1. The molecule has 26 heavy (non-hydrogen) atoms. The first-order chi connectivity index (χ1) is 12.4. The molecule has 0 atom stereocenters. The van der Waals surface area contributed by atoms with E-state index in [-0.39, 0.29) is 5.63 Å². The fourth-order valence-corrected chi connectivity index (χ4v) is 4.10. The smallest absolute Gasteiger partial charge is 0.339 e. The van der Waals surface area contributed by atoms with Crippen molar-refractivity contribution in [3.63, 3.8) is 0 Å². The van der Waals surface area contributed by atoms with Crippen LogP contribution in [0.15, 0.2) is 37.9 Å². The van der Waals surface area contributed by atoms with E-state index >= 15 is 0 Å². The second-order valence-electron chi connectivity index (χ2n) is 6.91. The van der Waals surface area contributed by atoms with Crippen molar-refractivity contribution in [1.29, 1.82) is 0 Å². The van der Waals surface area contributed by atoms with E-state index in [2.05, 4.69) is 46.0 Å². The van der Waals surface area contributed by atoms with Gasteiger partial charge in [0.15, 0.2) is 6.73 Å². The topological polar surface area (TPSA) is 42.7 Å². The van der Waals surface area contributed by atoms with E-state index in [0.717, 1.165) is 44.5 Å². The van der Waals surface area contributed by atoms with Crippen LogP contribution in [0.25, 0.3) is 11.0 Å². The fourth-order valence-electron chi connectivity index (χ4n) is 3.63. The molecule has 0 radical (unpaired) electrons. The number of fused-ring (bicyclic) bond motifs is 2. The summed E-state index contributed by atoms with van der Waals surface area (Å²) in [4.78, 5) is 14.3. The highest BCUT2D eigenvalue weighted by Crippen LogP contribution is 2.38. The van der Waals surface area contributed by atoms with Crippen LogP contribution in [0, 0.1) is 27.7 Å². The molecule has 2 aromatic carbocycles. The molecule has 0 spiro atoms. The molecule has 1 aromatic heterocycles. The SMILES string of the molecule is Cc1cc(Br)ccc1N1COc2c(cc3c(C)c(C)c(=O)oc3c2C)C1. The molecule has 3 aromatic rings. The summed E-state index contributed by atoms with van der Waals surface area (Å²) >= 11 is 3.52. The molecule has 4 rings (SSSR count). The number of hydrogen-bond donors (Lipinski definition) is 0. The summed E-state index contributed by atoms with van der Waals surface area (Å²) < 4.78 is 12.7. The summed E-state index contributed by atoms with van der Waals surface area (Å²) in [5.41, 5.74) is 6.34. The lowest BCUT2D eigenvalue weighted by Crippen LogP contribution is -2.32. The third kappa shape index (κ3) is 2.62. The third-order valence-electron chi connectivity index (χ3n) is 5.23. The van der Waals surface area contributed by atoms with Gasteiger partial charge in [-0.05, 0) is 63.1 Å². The average molecular weight is 414 g/mol. The van der Waals surface area contributed by atoms with Crippen molar-refractivity contribution < 1.29 is 9.15 Å². The number of anilines is 1. The molecule has 0 saturated carbocycles. The number of benzene rings is 2. The standard InChI is InChI=1S/C21H20BrNO3/c1-11-7-16(22)5-6-18(11)23-9-15-8-17-12(2)13(3)21(24)26-20(17)14(4)19(15)25-10-23/h5-8H,9-10H2,1-4H3. The molecule has 0 saturated heterocycles. The van der Waals surface area contributed by atoms with Crippen molar-refractivity contribution in [2.75, 3.05) is 11.6 Å². The molecule has 0 aliphatic carbocycles. The quantitative estimate of drug-likeness (QED) is 0.517. The van der Waals surface area contributed by atoms with Crippen LogP contribution in [0.2, 0.25) is 0 Å². The van der Waals surface area contributed by atoms with Crippen molar-refractivity contribution in [3.05, 3.63) is 67.0 Å². The van der Waals surface area contributed by atoms with Gasteiger partial charge in [-0.1, -0.05) is 15.9 Å². The van der Waals surface area contributed by atoms with Crippen molar-refractivity contribution >= 4 is 32.6 Å². The largest absolute Gasteiger partial charge is 0.472 e. The maximum absolute atomic E-state index is 12.1. The molecule has 0 bridgehead atoms. The van der Waals surface area contributed by atoms with E-state index in [1.165, 1.54) is 5.56 Å². The van der Waals surface area contributed by atoms with Crippen LogP contribution in [0.4, 0.5) is 5.69 Å². The van der Waals surface area contributed by atoms with Gasteiger partial charge in [-0.2, -0.15) is 0 Å². The minimum absolute atomic E-state index is 0.277. The zero-order chi connectivity index (χ0) is 18.6. The van der Waals surface area contributed by atoms with Crippen LogP contribution in [0.3, 0.4) is 0 Å². The zero-order valence-electron chi connectivity index (χ0n) is 15.3. The van der Waals surface area contributed by atoms with Gasteiger partial charge in [-0.25, -0.2) is 4.79 Å². The molecule has 1 aliphatic rings. The van der Waals surface area contributed by atoms with Crippen LogP contribution >= 0.6 is 15.9 Å². The summed E-state index contributed by atoms with van der Waals surface area (Å²) in [5.74, 6) is 0.829. The van der Waals surface area contributed by atoms with Gasteiger partial charge in [0, 0.05) is 38.8 Å². The van der Waals surface area contributed by atoms with Crippen LogP contribution in [0.1, 0.15) is 27.8 Å². The summed E-state index contributed by atoms with van der Waals surface area (Å²) in [6, 6.07) is 8.36. The molecule has 4 nitrogen and oxygen atoms in total. The highest BCUT2D eigenvalue weighted by molar-refractivity contribution is 9.10. The Hall–Kier alpha value is -2.27. The van der Waals surface area contributed by atoms with Gasteiger partial charge in [0.05, 0.1) is 0 Å². The lowest BCUT2D eigenvalue weighted by Gasteiger charge is -2.33. The maximum Gasteiger partial charge on any atom is 0.339 e. The number of hydrogen-bond acceptors (Lipinski definition) is 4. The van der Waals surface area contributed by atoms with Crippen molar-refractivity contribution in [1.82, 2.24) is 0 Å². The van der Waals surface area contributed by atoms with E-state index in [4.69, 9.17) is 9.15 Å². The minimum atomic E-state index is -0.277.